The van der Waals surface area contributed by atoms with Crippen LogP contribution in [0.15, 0.2) is 42.5 Å². The zero-order chi connectivity index (χ0) is 17.5. The van der Waals surface area contributed by atoms with Gasteiger partial charge >= 0.3 is 0 Å². The lowest BCUT2D eigenvalue weighted by Gasteiger charge is -2.08. The number of carbonyl (C=O) groups is 2. The topological polar surface area (TPSA) is 58.2 Å². The highest BCUT2D eigenvalue weighted by molar-refractivity contribution is 5.95. The van der Waals surface area contributed by atoms with Gasteiger partial charge < -0.3 is 10.6 Å². The highest BCUT2D eigenvalue weighted by atomic mass is 19.1. The van der Waals surface area contributed by atoms with Crippen molar-refractivity contribution in [2.75, 3.05) is 11.9 Å². The fourth-order valence-electron chi connectivity index (χ4n) is 1.97. The van der Waals surface area contributed by atoms with Crippen LogP contribution in [-0.4, -0.2) is 18.4 Å². The average molecular weight is 328 g/mol. The number of hydrogen-bond acceptors (Lipinski definition) is 2. The molecule has 0 unspecified atom stereocenters. The van der Waals surface area contributed by atoms with Gasteiger partial charge in [-0.15, -0.1) is 6.42 Å². The third-order valence-corrected chi connectivity index (χ3v) is 3.13. The van der Waals surface area contributed by atoms with Gasteiger partial charge in [0.1, 0.15) is 11.6 Å². The number of rotatable bonds is 5. The van der Waals surface area contributed by atoms with E-state index >= 15 is 0 Å². The van der Waals surface area contributed by atoms with Crippen molar-refractivity contribution >= 4 is 17.5 Å². The smallest absolute Gasteiger partial charge is 0.254 e. The third kappa shape index (κ3) is 4.65. The predicted octanol–water partition coefficient (Wildman–Crippen LogP) is 2.70. The molecule has 0 spiro atoms. The Morgan fingerprint density at radius 1 is 1.12 bits per heavy atom. The van der Waals surface area contributed by atoms with Crippen molar-refractivity contribution in [1.29, 1.82) is 0 Å². The van der Waals surface area contributed by atoms with Crippen LogP contribution in [0.4, 0.5) is 14.5 Å². The van der Waals surface area contributed by atoms with Crippen molar-refractivity contribution in [3.8, 4) is 12.3 Å². The van der Waals surface area contributed by atoms with Gasteiger partial charge in [0.15, 0.2) is 0 Å². The predicted molar refractivity (Wildman–Crippen MR) is 86.3 cm³/mol. The van der Waals surface area contributed by atoms with Crippen LogP contribution in [0.2, 0.25) is 0 Å². The van der Waals surface area contributed by atoms with Crippen LogP contribution < -0.4 is 10.6 Å². The van der Waals surface area contributed by atoms with Crippen LogP contribution in [0.5, 0.6) is 0 Å². The molecular weight excluding hydrogens is 314 g/mol. The van der Waals surface area contributed by atoms with Gasteiger partial charge in [0.25, 0.3) is 5.91 Å². The van der Waals surface area contributed by atoms with Gasteiger partial charge in [-0.3, -0.25) is 9.59 Å². The van der Waals surface area contributed by atoms with Crippen LogP contribution in [0.3, 0.4) is 0 Å². The first kappa shape index (κ1) is 17.2. The fraction of sp³-hybridized carbons (Fsp3) is 0.111. The molecule has 0 atom stereocenters. The molecule has 0 aliphatic heterocycles. The van der Waals surface area contributed by atoms with Crippen LogP contribution in [-0.2, 0) is 4.79 Å². The molecule has 0 bridgehead atoms. The summed E-state index contributed by atoms with van der Waals surface area (Å²) >= 11 is 0. The molecular formula is C18H14F2N2O2. The Labute approximate surface area is 137 Å². The summed E-state index contributed by atoms with van der Waals surface area (Å²) in [6, 6.07) is 9.43. The second kappa shape index (κ2) is 7.88. The van der Waals surface area contributed by atoms with Crippen LogP contribution >= 0.6 is 0 Å². The number of anilines is 1. The Morgan fingerprint density at radius 3 is 2.62 bits per heavy atom. The van der Waals surface area contributed by atoms with Crippen LogP contribution in [0.1, 0.15) is 22.3 Å². The second-order valence-corrected chi connectivity index (χ2v) is 4.90. The number of amides is 2. The molecule has 4 nitrogen and oxygen atoms in total. The van der Waals surface area contributed by atoms with Crippen molar-refractivity contribution < 1.29 is 18.4 Å². The Bertz CT molecular complexity index is 813. The van der Waals surface area contributed by atoms with E-state index < -0.39 is 17.5 Å². The highest BCUT2D eigenvalue weighted by Crippen LogP contribution is 2.11. The molecule has 0 aromatic heterocycles. The number of benzene rings is 2. The molecule has 2 aromatic carbocycles. The minimum absolute atomic E-state index is 0.00512. The lowest BCUT2D eigenvalue weighted by atomic mass is 10.2. The van der Waals surface area contributed by atoms with E-state index in [1.807, 2.05) is 0 Å². The van der Waals surface area contributed by atoms with Crippen LogP contribution in [0.25, 0.3) is 0 Å². The largest absolute Gasteiger partial charge is 0.351 e. The van der Waals surface area contributed by atoms with Gasteiger partial charge in [0.05, 0.1) is 5.56 Å². The monoisotopic (exact) mass is 328 g/mol. The molecule has 0 saturated carbocycles. The lowest BCUT2D eigenvalue weighted by molar-refractivity contribution is -0.116. The van der Waals surface area contributed by atoms with E-state index in [2.05, 4.69) is 16.6 Å². The maximum absolute atomic E-state index is 13.4. The van der Waals surface area contributed by atoms with Crippen molar-refractivity contribution in [3.63, 3.8) is 0 Å². The molecule has 2 rings (SSSR count). The van der Waals surface area contributed by atoms with E-state index in [4.69, 9.17) is 6.42 Å². The van der Waals surface area contributed by atoms with Crippen molar-refractivity contribution in [2.24, 2.45) is 0 Å². The Balaban J connectivity index is 1.84. The molecule has 2 N–H and O–H groups in total. The van der Waals surface area contributed by atoms with E-state index in [0.717, 1.165) is 12.1 Å². The Morgan fingerprint density at radius 2 is 1.92 bits per heavy atom. The Hall–Kier alpha value is -3.20. The number of terminal acetylenes is 1. The molecule has 2 aromatic rings. The minimum Gasteiger partial charge on any atom is -0.351 e. The zero-order valence-corrected chi connectivity index (χ0v) is 12.6. The quantitative estimate of drug-likeness (QED) is 0.829. The van der Waals surface area contributed by atoms with Gasteiger partial charge in [0, 0.05) is 30.3 Å². The summed E-state index contributed by atoms with van der Waals surface area (Å²) in [5, 5.41) is 5.04. The maximum atomic E-state index is 13.4. The molecule has 0 aliphatic carbocycles. The van der Waals surface area contributed by atoms with Gasteiger partial charge in [-0.05, 0) is 30.3 Å². The van der Waals surface area contributed by atoms with Crippen LogP contribution in [0, 0.1) is 24.0 Å². The second-order valence-electron chi connectivity index (χ2n) is 4.90. The minimum atomic E-state index is -0.956. The summed E-state index contributed by atoms with van der Waals surface area (Å²) in [5.41, 5.74) is 0.901. The van der Waals surface area contributed by atoms with Crippen molar-refractivity contribution in [1.82, 2.24) is 5.32 Å². The van der Waals surface area contributed by atoms with E-state index in [-0.39, 0.29) is 24.4 Å². The normalized spacial score (nSPS) is 9.88. The summed E-state index contributed by atoms with van der Waals surface area (Å²) in [6.07, 6.45) is 5.27. The SMILES string of the molecule is C#Cc1cccc(NC(=O)CCNC(=O)c2ccc(F)cc2F)c1. The van der Waals surface area contributed by atoms with Gasteiger partial charge in [-0.2, -0.15) is 0 Å². The molecule has 24 heavy (non-hydrogen) atoms. The van der Waals surface area contributed by atoms with E-state index in [1.165, 1.54) is 0 Å². The first-order chi connectivity index (χ1) is 11.5. The van der Waals surface area contributed by atoms with E-state index in [0.29, 0.717) is 17.3 Å². The summed E-state index contributed by atoms with van der Waals surface area (Å²) in [4.78, 5) is 23.6. The molecule has 0 radical (unpaired) electrons. The third-order valence-electron chi connectivity index (χ3n) is 3.13. The Kier molecular flexibility index (Phi) is 5.63. The lowest BCUT2D eigenvalue weighted by Crippen LogP contribution is -2.28. The molecule has 122 valence electrons. The van der Waals surface area contributed by atoms with E-state index in [1.54, 1.807) is 24.3 Å². The number of hydrogen-bond donors (Lipinski definition) is 2. The maximum Gasteiger partial charge on any atom is 0.254 e. The summed E-state index contributed by atoms with van der Waals surface area (Å²) in [6.45, 7) is 0.0102. The van der Waals surface area contributed by atoms with Gasteiger partial charge in [-0.1, -0.05) is 12.0 Å². The standard InChI is InChI=1S/C18H14F2N2O2/c1-2-12-4-3-5-14(10-12)22-17(23)8-9-21-18(24)15-7-6-13(19)11-16(15)20/h1,3-7,10-11H,8-9H2,(H,21,24)(H,22,23). The number of nitrogens with one attached hydrogen (secondary N) is 2. The molecule has 0 saturated heterocycles. The molecule has 0 fully saturated rings. The van der Waals surface area contributed by atoms with Crippen molar-refractivity contribution in [3.05, 3.63) is 65.2 Å². The average Bonchev–Trinajstić information content (AvgIpc) is 2.54. The van der Waals surface area contributed by atoms with Crippen molar-refractivity contribution in [2.45, 2.75) is 6.42 Å². The number of halogens is 2. The number of carbonyl (C=O) groups excluding carboxylic acids is 2. The van der Waals surface area contributed by atoms with Gasteiger partial charge in [0.2, 0.25) is 5.91 Å². The first-order valence-electron chi connectivity index (χ1n) is 7.09. The molecule has 0 heterocycles. The summed E-state index contributed by atoms with van der Waals surface area (Å²) in [7, 11) is 0. The summed E-state index contributed by atoms with van der Waals surface area (Å²) < 4.78 is 26.2. The molecule has 6 heteroatoms. The molecule has 2 amide bonds. The summed E-state index contributed by atoms with van der Waals surface area (Å²) in [5.74, 6) is -0.309. The van der Waals surface area contributed by atoms with E-state index in [9.17, 15) is 18.4 Å². The van der Waals surface area contributed by atoms with Gasteiger partial charge in [-0.25, -0.2) is 8.78 Å². The zero-order valence-electron chi connectivity index (χ0n) is 12.6. The molecule has 0 aliphatic rings. The first-order valence-corrected chi connectivity index (χ1v) is 7.09. The highest BCUT2D eigenvalue weighted by Gasteiger charge is 2.12. The fourth-order valence-corrected chi connectivity index (χ4v) is 1.97.